The van der Waals surface area contributed by atoms with E-state index in [0.717, 1.165) is 35.1 Å². The van der Waals surface area contributed by atoms with E-state index in [0.29, 0.717) is 17.5 Å². The largest absolute Gasteiger partial charge is 0.508 e. The fourth-order valence-electron chi connectivity index (χ4n) is 2.06. The fraction of sp³-hybridized carbons (Fsp3) is 0.375. The van der Waals surface area contributed by atoms with Gasteiger partial charge in [0.15, 0.2) is 11.7 Å². The molecule has 144 valence electrons. The lowest BCUT2D eigenvalue weighted by atomic mass is 10.1. The molecule has 0 aliphatic heterocycles. The zero-order valence-electron chi connectivity index (χ0n) is 14.0. The number of thiazole rings is 1. The van der Waals surface area contributed by atoms with E-state index in [1.54, 1.807) is 19.2 Å². The SMILES string of the molecule is CN=C(NCCCc1ccc(O)cc1)NCc1nc(C(F)(F)F)cs1.I. The number of aromatic hydroxyl groups is 1. The first-order valence-corrected chi connectivity index (χ1v) is 8.50. The van der Waals surface area contributed by atoms with Gasteiger partial charge in [-0.25, -0.2) is 4.98 Å². The normalized spacial score (nSPS) is 11.8. The number of hydrogen-bond acceptors (Lipinski definition) is 4. The highest BCUT2D eigenvalue weighted by atomic mass is 127. The van der Waals surface area contributed by atoms with Gasteiger partial charge in [-0.05, 0) is 30.5 Å². The van der Waals surface area contributed by atoms with Crippen LogP contribution in [0.25, 0.3) is 0 Å². The summed E-state index contributed by atoms with van der Waals surface area (Å²) in [7, 11) is 1.60. The number of aryl methyl sites for hydroxylation is 1. The number of guanidine groups is 1. The molecule has 10 heteroatoms. The second kappa shape index (κ2) is 10.6. The van der Waals surface area contributed by atoms with Crippen molar-refractivity contribution in [3.63, 3.8) is 0 Å². The van der Waals surface area contributed by atoms with Gasteiger partial charge in [0.2, 0.25) is 0 Å². The number of aromatic nitrogens is 1. The summed E-state index contributed by atoms with van der Waals surface area (Å²) < 4.78 is 37.5. The number of rotatable bonds is 6. The fourth-order valence-corrected chi connectivity index (χ4v) is 2.80. The van der Waals surface area contributed by atoms with Gasteiger partial charge in [-0.15, -0.1) is 35.3 Å². The number of phenols is 1. The molecule has 1 aromatic heterocycles. The molecule has 0 unspecified atom stereocenters. The molecule has 26 heavy (non-hydrogen) atoms. The van der Waals surface area contributed by atoms with E-state index in [-0.39, 0.29) is 36.3 Å². The molecule has 2 aromatic rings. The second-order valence-electron chi connectivity index (χ2n) is 5.25. The van der Waals surface area contributed by atoms with Gasteiger partial charge in [0.1, 0.15) is 10.8 Å². The number of alkyl halides is 3. The lowest BCUT2D eigenvalue weighted by Gasteiger charge is -2.11. The van der Waals surface area contributed by atoms with Gasteiger partial charge in [-0.3, -0.25) is 4.99 Å². The van der Waals surface area contributed by atoms with Crippen LogP contribution in [0.5, 0.6) is 5.75 Å². The summed E-state index contributed by atoms with van der Waals surface area (Å²) in [5, 5.41) is 16.6. The van der Waals surface area contributed by atoms with Gasteiger partial charge in [0, 0.05) is 19.0 Å². The number of phenolic OH excluding ortho intramolecular Hbond substituents is 1. The number of nitrogens with one attached hydrogen (secondary N) is 2. The van der Waals surface area contributed by atoms with Crippen LogP contribution in [0.3, 0.4) is 0 Å². The van der Waals surface area contributed by atoms with Gasteiger partial charge < -0.3 is 15.7 Å². The molecular weight excluding hydrogens is 480 g/mol. The van der Waals surface area contributed by atoms with Crippen LogP contribution in [0.1, 0.15) is 22.7 Å². The van der Waals surface area contributed by atoms with Crippen LogP contribution >= 0.6 is 35.3 Å². The summed E-state index contributed by atoms with van der Waals surface area (Å²) in [5.74, 6) is 0.747. The van der Waals surface area contributed by atoms with Gasteiger partial charge in [0.05, 0.1) is 6.54 Å². The van der Waals surface area contributed by atoms with E-state index in [1.165, 1.54) is 0 Å². The van der Waals surface area contributed by atoms with Crippen molar-refractivity contribution in [2.75, 3.05) is 13.6 Å². The predicted molar refractivity (Wildman–Crippen MR) is 107 cm³/mol. The Balaban J connectivity index is 0.00000338. The highest BCUT2D eigenvalue weighted by Crippen LogP contribution is 2.29. The highest BCUT2D eigenvalue weighted by Gasteiger charge is 2.33. The Bertz CT molecular complexity index is 704. The van der Waals surface area contributed by atoms with E-state index in [1.807, 2.05) is 12.1 Å². The first kappa shape index (κ1) is 22.5. The van der Waals surface area contributed by atoms with Crippen molar-refractivity contribution in [2.24, 2.45) is 4.99 Å². The minimum atomic E-state index is -4.41. The summed E-state index contributed by atoms with van der Waals surface area (Å²) in [6, 6.07) is 7.02. The van der Waals surface area contributed by atoms with Crippen molar-refractivity contribution >= 4 is 41.3 Å². The standard InChI is InChI=1S/C16H19F3N4OS.HI/c1-20-15(21-8-2-3-11-4-6-12(24)7-5-11)22-9-14-23-13(10-25-14)16(17,18)19;/h4-7,10,24H,2-3,8-9H2,1H3,(H2,20,21,22);1H. The van der Waals surface area contributed by atoms with Crippen molar-refractivity contribution < 1.29 is 18.3 Å². The van der Waals surface area contributed by atoms with Gasteiger partial charge in [-0.2, -0.15) is 13.2 Å². The molecule has 1 aromatic carbocycles. The average molecular weight is 500 g/mol. The van der Waals surface area contributed by atoms with Crippen LogP contribution in [0.2, 0.25) is 0 Å². The second-order valence-corrected chi connectivity index (χ2v) is 6.19. The Labute approximate surface area is 170 Å². The van der Waals surface area contributed by atoms with Crippen molar-refractivity contribution in [3.8, 4) is 5.75 Å². The molecule has 0 spiro atoms. The Kier molecular flexibility index (Phi) is 9.13. The number of nitrogens with zero attached hydrogens (tertiary/aromatic N) is 2. The minimum absolute atomic E-state index is 0. The molecule has 0 aliphatic rings. The third-order valence-corrected chi connectivity index (χ3v) is 4.19. The van der Waals surface area contributed by atoms with Crippen molar-refractivity contribution in [1.82, 2.24) is 15.6 Å². The van der Waals surface area contributed by atoms with Crippen LogP contribution in [0.15, 0.2) is 34.6 Å². The maximum absolute atomic E-state index is 12.5. The third-order valence-electron chi connectivity index (χ3n) is 3.34. The molecule has 0 saturated heterocycles. The maximum Gasteiger partial charge on any atom is 0.434 e. The number of benzene rings is 1. The quantitative estimate of drug-likeness (QED) is 0.245. The molecule has 0 amide bonds. The Morgan fingerprint density at radius 2 is 1.92 bits per heavy atom. The van der Waals surface area contributed by atoms with E-state index in [2.05, 4.69) is 20.6 Å². The zero-order chi connectivity index (χ0) is 18.3. The molecule has 0 saturated carbocycles. The summed E-state index contributed by atoms with van der Waals surface area (Å²) in [6.45, 7) is 0.838. The lowest BCUT2D eigenvalue weighted by Crippen LogP contribution is -2.37. The van der Waals surface area contributed by atoms with Crippen LogP contribution in [-0.2, 0) is 19.1 Å². The molecule has 5 nitrogen and oxygen atoms in total. The van der Waals surface area contributed by atoms with Crippen LogP contribution in [0, 0.1) is 0 Å². The predicted octanol–water partition coefficient (Wildman–Crippen LogP) is 3.78. The molecule has 0 bridgehead atoms. The third kappa shape index (κ3) is 7.36. The average Bonchev–Trinajstić information content (AvgIpc) is 3.05. The Morgan fingerprint density at radius 1 is 1.23 bits per heavy atom. The lowest BCUT2D eigenvalue weighted by molar-refractivity contribution is -0.140. The van der Waals surface area contributed by atoms with E-state index >= 15 is 0 Å². The zero-order valence-corrected chi connectivity index (χ0v) is 17.2. The number of hydrogen-bond donors (Lipinski definition) is 3. The summed E-state index contributed by atoms with van der Waals surface area (Å²) in [6.07, 6.45) is -2.73. The molecule has 2 rings (SSSR count). The van der Waals surface area contributed by atoms with Gasteiger partial charge in [-0.1, -0.05) is 12.1 Å². The first-order chi connectivity index (χ1) is 11.9. The molecular formula is C16H20F3IN4OS. The summed E-state index contributed by atoms with van der Waals surface area (Å²) in [5.41, 5.74) is 0.246. The summed E-state index contributed by atoms with van der Waals surface area (Å²) in [4.78, 5) is 7.59. The molecule has 0 aliphatic carbocycles. The van der Waals surface area contributed by atoms with E-state index < -0.39 is 11.9 Å². The molecule has 0 fully saturated rings. The first-order valence-electron chi connectivity index (χ1n) is 7.62. The van der Waals surface area contributed by atoms with Gasteiger partial charge in [0.25, 0.3) is 0 Å². The number of aliphatic imine (C=N–C) groups is 1. The van der Waals surface area contributed by atoms with E-state index in [4.69, 9.17) is 0 Å². The van der Waals surface area contributed by atoms with E-state index in [9.17, 15) is 18.3 Å². The monoisotopic (exact) mass is 500 g/mol. The van der Waals surface area contributed by atoms with Crippen molar-refractivity contribution in [2.45, 2.75) is 25.6 Å². The highest BCUT2D eigenvalue weighted by molar-refractivity contribution is 14.0. The van der Waals surface area contributed by atoms with Crippen molar-refractivity contribution in [3.05, 3.63) is 45.9 Å². The molecule has 3 N–H and O–H groups in total. The molecule has 0 radical (unpaired) electrons. The molecule has 0 atom stereocenters. The van der Waals surface area contributed by atoms with Crippen molar-refractivity contribution in [1.29, 1.82) is 0 Å². The Hall–Kier alpha value is -1.56. The van der Waals surface area contributed by atoms with Crippen LogP contribution < -0.4 is 10.6 Å². The minimum Gasteiger partial charge on any atom is -0.508 e. The smallest absolute Gasteiger partial charge is 0.434 e. The summed E-state index contributed by atoms with van der Waals surface area (Å²) >= 11 is 0.959. The Morgan fingerprint density at radius 3 is 2.50 bits per heavy atom. The topological polar surface area (TPSA) is 69.5 Å². The van der Waals surface area contributed by atoms with Crippen LogP contribution in [-0.4, -0.2) is 29.6 Å². The number of halogens is 4. The maximum atomic E-state index is 12.5. The molecule has 1 heterocycles. The van der Waals surface area contributed by atoms with Gasteiger partial charge >= 0.3 is 6.18 Å². The van der Waals surface area contributed by atoms with Crippen LogP contribution in [0.4, 0.5) is 13.2 Å².